The summed E-state index contributed by atoms with van der Waals surface area (Å²) in [5.74, 6) is 0. The Bertz CT molecular complexity index is 796. The Hall–Kier alpha value is -1.97. The topological polar surface area (TPSA) is 76.3 Å². The third kappa shape index (κ3) is 4.77. The molecule has 0 aliphatic rings. The fraction of sp³-hybridized carbons (Fsp3) is 0.312. The lowest BCUT2D eigenvalue weighted by Crippen LogP contribution is -2.37. The molecule has 0 saturated heterocycles. The number of rotatable bonds is 7. The van der Waals surface area contributed by atoms with Crippen molar-refractivity contribution in [3.63, 3.8) is 0 Å². The Balaban J connectivity index is 2.34. The SMILES string of the molecule is NCCN(CCc1ccccc1)S(=O)(=O)c1cnccc1C(F)(F)F. The number of hydrogen-bond donors (Lipinski definition) is 1. The fourth-order valence-corrected chi connectivity index (χ4v) is 3.96. The first kappa shape index (κ1) is 19.4. The van der Waals surface area contributed by atoms with E-state index in [0.717, 1.165) is 22.3 Å². The molecule has 2 N–H and O–H groups in total. The third-order valence-electron chi connectivity index (χ3n) is 3.58. The average molecular weight is 373 g/mol. The summed E-state index contributed by atoms with van der Waals surface area (Å²) in [6.45, 7) is -0.0628. The van der Waals surface area contributed by atoms with Gasteiger partial charge in [-0.2, -0.15) is 17.5 Å². The Labute approximate surface area is 144 Å². The number of alkyl halides is 3. The molecule has 136 valence electrons. The number of nitrogens with zero attached hydrogens (tertiary/aromatic N) is 2. The predicted molar refractivity (Wildman–Crippen MR) is 87.2 cm³/mol. The van der Waals surface area contributed by atoms with Gasteiger partial charge in [0.25, 0.3) is 0 Å². The van der Waals surface area contributed by atoms with Gasteiger partial charge in [0.2, 0.25) is 10.0 Å². The van der Waals surface area contributed by atoms with Crippen LogP contribution in [0.1, 0.15) is 11.1 Å². The fourth-order valence-electron chi connectivity index (χ4n) is 2.35. The van der Waals surface area contributed by atoms with Gasteiger partial charge >= 0.3 is 6.18 Å². The minimum absolute atomic E-state index is 0.00433. The van der Waals surface area contributed by atoms with Gasteiger partial charge in [0.1, 0.15) is 4.90 Å². The molecule has 1 aromatic heterocycles. The maximum atomic E-state index is 13.1. The number of pyridine rings is 1. The summed E-state index contributed by atoms with van der Waals surface area (Å²) in [6, 6.07) is 9.73. The number of hydrogen-bond acceptors (Lipinski definition) is 4. The number of aromatic nitrogens is 1. The highest BCUT2D eigenvalue weighted by Gasteiger charge is 2.39. The van der Waals surface area contributed by atoms with Crippen LogP contribution in [0.3, 0.4) is 0 Å². The Morgan fingerprint density at radius 2 is 1.76 bits per heavy atom. The summed E-state index contributed by atoms with van der Waals surface area (Å²) < 4.78 is 65.9. The van der Waals surface area contributed by atoms with Crippen molar-refractivity contribution in [1.29, 1.82) is 0 Å². The van der Waals surface area contributed by atoms with Gasteiger partial charge in [-0.15, -0.1) is 0 Å². The van der Waals surface area contributed by atoms with Crippen LogP contribution in [0.4, 0.5) is 13.2 Å². The first-order valence-corrected chi connectivity index (χ1v) is 8.96. The lowest BCUT2D eigenvalue weighted by molar-refractivity contribution is -0.140. The maximum Gasteiger partial charge on any atom is 0.417 e. The molecule has 5 nitrogen and oxygen atoms in total. The molecule has 1 heterocycles. The monoisotopic (exact) mass is 373 g/mol. The zero-order valence-corrected chi connectivity index (χ0v) is 14.1. The Kier molecular flexibility index (Phi) is 6.15. The molecule has 0 spiro atoms. The molecule has 0 saturated carbocycles. The molecule has 0 bridgehead atoms. The molecule has 1 aromatic carbocycles. The Morgan fingerprint density at radius 1 is 1.08 bits per heavy atom. The van der Waals surface area contributed by atoms with Crippen molar-refractivity contribution in [2.75, 3.05) is 19.6 Å². The van der Waals surface area contributed by atoms with Crippen LogP contribution >= 0.6 is 0 Å². The first-order valence-electron chi connectivity index (χ1n) is 7.52. The summed E-state index contributed by atoms with van der Waals surface area (Å²) in [4.78, 5) is 2.69. The zero-order valence-electron chi connectivity index (χ0n) is 13.3. The van der Waals surface area contributed by atoms with E-state index in [9.17, 15) is 21.6 Å². The number of nitrogens with two attached hydrogens (primary N) is 1. The molecular weight excluding hydrogens is 355 g/mol. The minimum atomic E-state index is -4.79. The smallest absolute Gasteiger partial charge is 0.329 e. The van der Waals surface area contributed by atoms with E-state index < -0.39 is 26.7 Å². The van der Waals surface area contributed by atoms with E-state index in [1.54, 1.807) is 12.1 Å². The molecule has 2 rings (SSSR count). The minimum Gasteiger partial charge on any atom is -0.329 e. The maximum absolute atomic E-state index is 13.1. The molecule has 0 radical (unpaired) electrons. The molecule has 2 aromatic rings. The molecule has 9 heteroatoms. The van der Waals surface area contributed by atoms with E-state index >= 15 is 0 Å². The van der Waals surface area contributed by atoms with Crippen molar-refractivity contribution in [3.8, 4) is 0 Å². The van der Waals surface area contributed by atoms with Crippen LogP contribution in [0.5, 0.6) is 0 Å². The van der Waals surface area contributed by atoms with Gasteiger partial charge in [0.05, 0.1) is 5.56 Å². The largest absolute Gasteiger partial charge is 0.417 e. The number of benzene rings is 1. The summed E-state index contributed by atoms with van der Waals surface area (Å²) in [7, 11) is -4.38. The predicted octanol–water partition coefficient (Wildman–Crippen LogP) is 2.29. The van der Waals surface area contributed by atoms with Crippen molar-refractivity contribution < 1.29 is 21.6 Å². The summed E-state index contributed by atoms with van der Waals surface area (Å²) in [5.41, 5.74) is 5.10. The van der Waals surface area contributed by atoms with Gasteiger partial charge in [0.15, 0.2) is 0 Å². The second-order valence-corrected chi connectivity index (χ2v) is 7.20. The van der Waals surface area contributed by atoms with Crippen LogP contribution in [0, 0.1) is 0 Å². The van der Waals surface area contributed by atoms with Gasteiger partial charge in [-0.3, -0.25) is 4.98 Å². The van der Waals surface area contributed by atoms with Crippen molar-refractivity contribution in [2.45, 2.75) is 17.5 Å². The van der Waals surface area contributed by atoms with E-state index in [0.29, 0.717) is 12.5 Å². The first-order chi connectivity index (χ1) is 11.8. The number of sulfonamides is 1. The quantitative estimate of drug-likeness (QED) is 0.808. The van der Waals surface area contributed by atoms with E-state index in [1.165, 1.54) is 0 Å². The molecule has 0 amide bonds. The average Bonchev–Trinajstić information content (AvgIpc) is 2.58. The van der Waals surface area contributed by atoms with Gasteiger partial charge in [0, 0.05) is 32.0 Å². The van der Waals surface area contributed by atoms with Gasteiger partial charge in [-0.1, -0.05) is 30.3 Å². The second-order valence-electron chi connectivity index (χ2n) is 5.30. The molecular formula is C16H18F3N3O2S. The lowest BCUT2D eigenvalue weighted by Gasteiger charge is -2.23. The van der Waals surface area contributed by atoms with Crippen LogP contribution in [0.15, 0.2) is 53.7 Å². The zero-order chi connectivity index (χ0) is 18.5. The third-order valence-corrected chi connectivity index (χ3v) is 5.51. The molecule has 0 unspecified atom stereocenters. The van der Waals surface area contributed by atoms with Crippen LogP contribution in [-0.4, -0.2) is 37.3 Å². The standard InChI is InChI=1S/C16H18F3N3O2S/c17-16(18,19)14-6-9-21-12-15(14)25(23,24)22(11-8-20)10-7-13-4-2-1-3-5-13/h1-6,9,12H,7-8,10-11,20H2. The molecule has 0 aliphatic carbocycles. The summed E-state index contributed by atoms with van der Waals surface area (Å²) in [5, 5.41) is 0. The van der Waals surface area contributed by atoms with Crippen LogP contribution in [-0.2, 0) is 22.6 Å². The normalized spacial score (nSPS) is 12.5. The highest BCUT2D eigenvalue weighted by atomic mass is 32.2. The lowest BCUT2D eigenvalue weighted by atomic mass is 10.1. The van der Waals surface area contributed by atoms with Gasteiger partial charge in [-0.25, -0.2) is 8.42 Å². The Morgan fingerprint density at radius 3 is 2.36 bits per heavy atom. The van der Waals surface area contributed by atoms with E-state index in [-0.39, 0.29) is 19.6 Å². The van der Waals surface area contributed by atoms with E-state index in [2.05, 4.69) is 4.98 Å². The highest BCUT2D eigenvalue weighted by molar-refractivity contribution is 7.89. The van der Waals surface area contributed by atoms with Gasteiger partial charge < -0.3 is 5.73 Å². The van der Waals surface area contributed by atoms with Crippen molar-refractivity contribution in [1.82, 2.24) is 9.29 Å². The van der Waals surface area contributed by atoms with Crippen LogP contribution < -0.4 is 5.73 Å². The molecule has 25 heavy (non-hydrogen) atoms. The van der Waals surface area contributed by atoms with Crippen molar-refractivity contribution >= 4 is 10.0 Å². The summed E-state index contributed by atoms with van der Waals surface area (Å²) in [6.07, 6.45) is -2.79. The highest BCUT2D eigenvalue weighted by Crippen LogP contribution is 2.34. The summed E-state index contributed by atoms with van der Waals surface area (Å²) >= 11 is 0. The molecule has 0 atom stereocenters. The van der Waals surface area contributed by atoms with Gasteiger partial charge in [-0.05, 0) is 18.1 Å². The number of halogens is 3. The van der Waals surface area contributed by atoms with Crippen LogP contribution in [0.25, 0.3) is 0 Å². The second kappa shape index (κ2) is 7.94. The van der Waals surface area contributed by atoms with Crippen molar-refractivity contribution in [3.05, 3.63) is 59.9 Å². The molecule has 0 fully saturated rings. The van der Waals surface area contributed by atoms with E-state index in [1.807, 2.05) is 18.2 Å². The van der Waals surface area contributed by atoms with Crippen molar-refractivity contribution in [2.24, 2.45) is 5.73 Å². The van der Waals surface area contributed by atoms with Crippen LogP contribution in [0.2, 0.25) is 0 Å². The van der Waals surface area contributed by atoms with E-state index in [4.69, 9.17) is 5.73 Å². The molecule has 0 aliphatic heterocycles.